The van der Waals surface area contributed by atoms with Gasteiger partial charge in [0.15, 0.2) is 0 Å². The summed E-state index contributed by atoms with van der Waals surface area (Å²) in [6, 6.07) is 9.56. The average Bonchev–Trinajstić information content (AvgIpc) is 2.48. The Kier molecular flexibility index (Phi) is 4.85. The van der Waals surface area contributed by atoms with E-state index in [1.54, 1.807) is 4.90 Å². The highest BCUT2D eigenvalue weighted by Crippen LogP contribution is 2.20. The number of amides is 1. The molecule has 0 aromatic heterocycles. The summed E-state index contributed by atoms with van der Waals surface area (Å²) in [7, 11) is 0. The zero-order valence-corrected chi connectivity index (χ0v) is 11.5. The molecule has 1 fully saturated rings. The first kappa shape index (κ1) is 14.2. The molecular weight excluding hydrogens is 256 g/mol. The zero-order valence-electron chi connectivity index (χ0n) is 11.5. The van der Waals surface area contributed by atoms with E-state index in [9.17, 15) is 4.79 Å². The predicted octanol–water partition coefficient (Wildman–Crippen LogP) is 3.34. The van der Waals surface area contributed by atoms with Gasteiger partial charge in [-0.3, -0.25) is 0 Å². The maximum atomic E-state index is 12.0. The van der Waals surface area contributed by atoms with Crippen LogP contribution in [0.15, 0.2) is 35.4 Å². The van der Waals surface area contributed by atoms with E-state index in [0.29, 0.717) is 19.5 Å². The Bertz CT molecular complexity index is 499. The van der Waals surface area contributed by atoms with Crippen molar-refractivity contribution >= 4 is 6.09 Å². The van der Waals surface area contributed by atoms with Crippen LogP contribution in [0.1, 0.15) is 18.9 Å². The number of hydrogen-bond donors (Lipinski definition) is 0. The lowest BCUT2D eigenvalue weighted by Gasteiger charge is -2.34. The highest BCUT2D eigenvalue weighted by molar-refractivity contribution is 5.67. The van der Waals surface area contributed by atoms with E-state index >= 15 is 0 Å². The summed E-state index contributed by atoms with van der Waals surface area (Å²) < 4.78 is 5.29. The quantitative estimate of drug-likeness (QED) is 0.481. The third-order valence-corrected chi connectivity index (χ3v) is 3.52. The number of nitrogens with zero attached hydrogens (tertiary/aromatic N) is 4. The van der Waals surface area contributed by atoms with Crippen LogP contribution in [0.25, 0.3) is 10.4 Å². The van der Waals surface area contributed by atoms with Crippen LogP contribution in [0.4, 0.5) is 4.79 Å². The van der Waals surface area contributed by atoms with Gasteiger partial charge in [0, 0.05) is 24.0 Å². The Balaban J connectivity index is 1.83. The minimum atomic E-state index is -0.305. The third-order valence-electron chi connectivity index (χ3n) is 3.52. The van der Waals surface area contributed by atoms with Gasteiger partial charge in [-0.1, -0.05) is 42.4 Å². The number of rotatable bonds is 3. The first-order valence-corrected chi connectivity index (χ1v) is 6.70. The van der Waals surface area contributed by atoms with Crippen molar-refractivity contribution in [1.82, 2.24) is 4.90 Å². The molecule has 1 heterocycles. The smallest absolute Gasteiger partial charge is 0.410 e. The molecule has 0 radical (unpaired) electrons. The summed E-state index contributed by atoms with van der Waals surface area (Å²) in [5.41, 5.74) is 9.44. The topological polar surface area (TPSA) is 78.3 Å². The molecule has 0 bridgehead atoms. The van der Waals surface area contributed by atoms with Crippen molar-refractivity contribution < 1.29 is 9.53 Å². The number of hydrogen-bond acceptors (Lipinski definition) is 3. The number of carbonyl (C=O) groups excluding carboxylic acids is 1. The lowest BCUT2D eigenvalue weighted by molar-refractivity contribution is 0.0772. The van der Waals surface area contributed by atoms with Crippen LogP contribution < -0.4 is 0 Å². The molecular formula is C14H18N4O2. The van der Waals surface area contributed by atoms with Gasteiger partial charge in [0.05, 0.1) is 0 Å². The Labute approximate surface area is 118 Å². The van der Waals surface area contributed by atoms with Gasteiger partial charge in [0.25, 0.3) is 0 Å². The van der Waals surface area contributed by atoms with Crippen LogP contribution in [0, 0.1) is 5.92 Å². The molecule has 106 valence electrons. The maximum absolute atomic E-state index is 12.0. The van der Waals surface area contributed by atoms with Crippen molar-refractivity contribution in [1.29, 1.82) is 0 Å². The normalized spacial score (nSPS) is 21.9. The Morgan fingerprint density at radius 2 is 2.25 bits per heavy atom. The van der Waals surface area contributed by atoms with Crippen LogP contribution in [0.2, 0.25) is 0 Å². The molecule has 6 nitrogen and oxygen atoms in total. The van der Waals surface area contributed by atoms with Crippen molar-refractivity contribution in [3.63, 3.8) is 0 Å². The molecule has 1 aromatic rings. The summed E-state index contributed by atoms with van der Waals surface area (Å²) in [6.07, 6.45) is 0.381. The first-order chi connectivity index (χ1) is 9.70. The summed E-state index contributed by atoms with van der Waals surface area (Å²) in [5.74, 6) is 0.156. The lowest BCUT2D eigenvalue weighted by atomic mass is 9.95. The second-order valence-electron chi connectivity index (χ2n) is 5.02. The van der Waals surface area contributed by atoms with E-state index in [-0.39, 0.29) is 24.7 Å². The molecule has 6 heteroatoms. The van der Waals surface area contributed by atoms with Crippen molar-refractivity contribution in [3.05, 3.63) is 46.3 Å². The number of carbonyl (C=O) groups is 1. The maximum Gasteiger partial charge on any atom is 0.410 e. The number of ether oxygens (including phenoxy) is 1. The van der Waals surface area contributed by atoms with E-state index in [4.69, 9.17) is 10.3 Å². The average molecular weight is 274 g/mol. The van der Waals surface area contributed by atoms with Gasteiger partial charge in [0.2, 0.25) is 0 Å². The van der Waals surface area contributed by atoms with Crippen LogP contribution in [0.5, 0.6) is 0 Å². The van der Waals surface area contributed by atoms with E-state index < -0.39 is 0 Å². The summed E-state index contributed by atoms with van der Waals surface area (Å²) >= 11 is 0. The highest BCUT2D eigenvalue weighted by Gasteiger charge is 2.28. The molecule has 1 aliphatic heterocycles. The predicted molar refractivity (Wildman–Crippen MR) is 74.9 cm³/mol. The fraction of sp³-hybridized carbons (Fsp3) is 0.500. The number of benzene rings is 1. The molecule has 0 spiro atoms. The molecule has 20 heavy (non-hydrogen) atoms. The SMILES string of the molecule is C[C@H]1CN(C(=O)OCc2ccccc2)CC[C@H]1N=[N+]=[N-]. The molecule has 0 aliphatic carbocycles. The van der Waals surface area contributed by atoms with Gasteiger partial charge in [-0.05, 0) is 23.4 Å². The highest BCUT2D eigenvalue weighted by atomic mass is 16.6. The second kappa shape index (κ2) is 6.82. The Morgan fingerprint density at radius 3 is 2.90 bits per heavy atom. The Morgan fingerprint density at radius 1 is 1.50 bits per heavy atom. The fourth-order valence-corrected chi connectivity index (χ4v) is 2.35. The van der Waals surface area contributed by atoms with Crippen LogP contribution in [-0.2, 0) is 11.3 Å². The van der Waals surface area contributed by atoms with Gasteiger partial charge in [-0.25, -0.2) is 4.79 Å². The molecule has 2 atom stereocenters. The second-order valence-corrected chi connectivity index (χ2v) is 5.02. The molecule has 2 rings (SSSR count). The van der Waals surface area contributed by atoms with Crippen LogP contribution >= 0.6 is 0 Å². The van der Waals surface area contributed by atoms with E-state index in [1.165, 1.54) is 0 Å². The minimum Gasteiger partial charge on any atom is -0.445 e. The monoisotopic (exact) mass is 274 g/mol. The molecule has 1 saturated heterocycles. The van der Waals surface area contributed by atoms with Crippen molar-refractivity contribution in [3.8, 4) is 0 Å². The molecule has 1 aliphatic rings. The number of likely N-dealkylation sites (tertiary alicyclic amines) is 1. The third kappa shape index (κ3) is 3.65. The van der Waals surface area contributed by atoms with Gasteiger partial charge in [-0.2, -0.15) is 0 Å². The summed E-state index contributed by atoms with van der Waals surface area (Å²) in [6.45, 7) is 3.40. The number of piperidine rings is 1. The molecule has 1 aromatic carbocycles. The molecule has 0 N–H and O–H groups in total. The molecule has 1 amide bonds. The zero-order chi connectivity index (χ0) is 14.4. The standard InChI is InChI=1S/C14H18N4O2/c1-11-9-18(8-7-13(11)16-17-15)14(19)20-10-12-5-3-2-4-6-12/h2-6,11,13H,7-10H2,1H3/t11-,13+/m0/s1. The van der Waals surface area contributed by atoms with E-state index in [2.05, 4.69) is 10.0 Å². The molecule has 0 saturated carbocycles. The van der Waals surface area contributed by atoms with Crippen LogP contribution in [0.3, 0.4) is 0 Å². The Hall–Kier alpha value is -2.20. The van der Waals surface area contributed by atoms with Crippen molar-refractivity contribution in [2.24, 2.45) is 11.0 Å². The largest absolute Gasteiger partial charge is 0.445 e. The van der Waals surface area contributed by atoms with Gasteiger partial charge < -0.3 is 9.64 Å². The number of azide groups is 1. The molecule has 0 unspecified atom stereocenters. The van der Waals surface area contributed by atoms with Crippen LogP contribution in [-0.4, -0.2) is 30.1 Å². The van der Waals surface area contributed by atoms with E-state index in [1.807, 2.05) is 37.3 Å². The van der Waals surface area contributed by atoms with Gasteiger partial charge in [-0.15, -0.1) is 0 Å². The van der Waals surface area contributed by atoms with Crippen molar-refractivity contribution in [2.75, 3.05) is 13.1 Å². The summed E-state index contributed by atoms with van der Waals surface area (Å²) in [5, 5.41) is 3.75. The first-order valence-electron chi connectivity index (χ1n) is 6.70. The summed E-state index contributed by atoms with van der Waals surface area (Å²) in [4.78, 5) is 16.5. The minimum absolute atomic E-state index is 0.0295. The lowest BCUT2D eigenvalue weighted by Crippen LogP contribution is -2.44. The van der Waals surface area contributed by atoms with E-state index in [0.717, 1.165) is 5.56 Å². The van der Waals surface area contributed by atoms with Gasteiger partial charge in [0.1, 0.15) is 6.61 Å². The van der Waals surface area contributed by atoms with Crippen molar-refractivity contribution in [2.45, 2.75) is 26.0 Å². The van der Waals surface area contributed by atoms with Gasteiger partial charge >= 0.3 is 6.09 Å². The fourth-order valence-electron chi connectivity index (χ4n) is 2.35.